The molecule has 7 nitrogen and oxygen atoms in total. The first-order valence-corrected chi connectivity index (χ1v) is 9.13. The Kier molecular flexibility index (Phi) is 5.98. The third-order valence-corrected chi connectivity index (χ3v) is 5.08. The normalized spacial score (nSPS) is 18.1. The van der Waals surface area contributed by atoms with Gasteiger partial charge in [0.2, 0.25) is 5.91 Å². The van der Waals surface area contributed by atoms with E-state index in [1.807, 2.05) is 9.80 Å². The molecule has 0 aliphatic carbocycles. The molecule has 26 heavy (non-hydrogen) atoms. The lowest BCUT2D eigenvalue weighted by Crippen LogP contribution is -2.51. The van der Waals surface area contributed by atoms with E-state index in [-0.39, 0.29) is 11.8 Å². The molecule has 2 saturated heterocycles. The first-order chi connectivity index (χ1) is 12.6. The van der Waals surface area contributed by atoms with Crippen molar-refractivity contribution in [1.29, 1.82) is 0 Å². The van der Waals surface area contributed by atoms with Gasteiger partial charge in [-0.2, -0.15) is 0 Å². The van der Waals surface area contributed by atoms with Gasteiger partial charge in [-0.15, -0.1) is 0 Å². The number of hydrogen-bond donors (Lipinski definition) is 0. The molecule has 0 saturated carbocycles. The zero-order valence-corrected chi connectivity index (χ0v) is 15.6. The SMILES string of the molecule is COc1cc(OC)cc(C(=O)N2CCN(CC(=O)N3CCCC3)CC2)c1. The van der Waals surface area contributed by atoms with Crippen LogP contribution >= 0.6 is 0 Å². The monoisotopic (exact) mass is 361 g/mol. The highest BCUT2D eigenvalue weighted by Gasteiger charge is 2.26. The summed E-state index contributed by atoms with van der Waals surface area (Å²) < 4.78 is 10.5. The Hall–Kier alpha value is -2.28. The minimum Gasteiger partial charge on any atom is -0.497 e. The minimum absolute atomic E-state index is 0.0345. The Morgan fingerprint density at radius 2 is 1.42 bits per heavy atom. The van der Waals surface area contributed by atoms with Gasteiger partial charge in [0.15, 0.2) is 0 Å². The number of hydrogen-bond acceptors (Lipinski definition) is 5. The number of likely N-dealkylation sites (tertiary alicyclic amines) is 1. The standard InChI is InChI=1S/C19H27N3O4/c1-25-16-11-15(12-17(13-16)26-2)19(24)22-9-7-20(8-10-22)14-18(23)21-5-3-4-6-21/h11-13H,3-10,14H2,1-2H3. The fourth-order valence-corrected chi connectivity index (χ4v) is 3.48. The van der Waals surface area contributed by atoms with Crippen molar-refractivity contribution in [3.8, 4) is 11.5 Å². The van der Waals surface area contributed by atoms with Crippen molar-refractivity contribution in [3.05, 3.63) is 23.8 Å². The van der Waals surface area contributed by atoms with E-state index < -0.39 is 0 Å². The van der Waals surface area contributed by atoms with Crippen molar-refractivity contribution < 1.29 is 19.1 Å². The summed E-state index contributed by atoms with van der Waals surface area (Å²) in [5.41, 5.74) is 0.558. The molecule has 0 bridgehead atoms. The number of piperazine rings is 1. The van der Waals surface area contributed by atoms with Crippen molar-refractivity contribution in [2.24, 2.45) is 0 Å². The third-order valence-electron chi connectivity index (χ3n) is 5.08. The van der Waals surface area contributed by atoms with Crippen LogP contribution in [0.4, 0.5) is 0 Å². The molecule has 7 heteroatoms. The van der Waals surface area contributed by atoms with E-state index >= 15 is 0 Å². The van der Waals surface area contributed by atoms with E-state index in [0.29, 0.717) is 49.8 Å². The number of rotatable bonds is 5. The summed E-state index contributed by atoms with van der Waals surface area (Å²) in [4.78, 5) is 31.0. The van der Waals surface area contributed by atoms with Gasteiger partial charge in [0.25, 0.3) is 5.91 Å². The molecule has 1 aromatic rings. The topological polar surface area (TPSA) is 62.3 Å². The molecular weight excluding hydrogens is 334 g/mol. The van der Waals surface area contributed by atoms with Crippen LogP contribution in [-0.4, -0.2) is 86.5 Å². The lowest BCUT2D eigenvalue weighted by atomic mass is 10.1. The molecule has 3 rings (SSSR count). The molecule has 0 spiro atoms. The molecule has 2 fully saturated rings. The Labute approximate surface area is 154 Å². The molecular formula is C19H27N3O4. The Morgan fingerprint density at radius 3 is 1.96 bits per heavy atom. The lowest BCUT2D eigenvalue weighted by Gasteiger charge is -2.35. The van der Waals surface area contributed by atoms with Gasteiger partial charge in [0.1, 0.15) is 11.5 Å². The summed E-state index contributed by atoms with van der Waals surface area (Å²) >= 11 is 0. The van der Waals surface area contributed by atoms with E-state index in [0.717, 1.165) is 25.9 Å². The zero-order chi connectivity index (χ0) is 18.5. The van der Waals surface area contributed by atoms with Crippen LogP contribution in [0.1, 0.15) is 23.2 Å². The predicted octanol–water partition coefficient (Wildman–Crippen LogP) is 1.08. The fourth-order valence-electron chi connectivity index (χ4n) is 3.48. The van der Waals surface area contributed by atoms with Crippen LogP contribution in [0, 0.1) is 0 Å². The van der Waals surface area contributed by atoms with Gasteiger partial charge >= 0.3 is 0 Å². The molecule has 142 valence electrons. The maximum absolute atomic E-state index is 12.8. The number of amides is 2. The van der Waals surface area contributed by atoms with Gasteiger partial charge in [-0.25, -0.2) is 0 Å². The van der Waals surface area contributed by atoms with Crippen LogP contribution < -0.4 is 9.47 Å². The second-order valence-corrected chi connectivity index (χ2v) is 6.76. The molecule has 0 aromatic heterocycles. The number of carbonyl (C=O) groups is 2. The van der Waals surface area contributed by atoms with Crippen LogP contribution in [0.5, 0.6) is 11.5 Å². The Balaban J connectivity index is 1.55. The molecule has 0 radical (unpaired) electrons. The highest BCUT2D eigenvalue weighted by atomic mass is 16.5. The number of methoxy groups -OCH3 is 2. The molecule has 0 atom stereocenters. The number of benzene rings is 1. The highest BCUT2D eigenvalue weighted by Crippen LogP contribution is 2.23. The Bertz CT molecular complexity index is 628. The van der Waals surface area contributed by atoms with Gasteiger partial charge in [0.05, 0.1) is 20.8 Å². The fraction of sp³-hybridized carbons (Fsp3) is 0.579. The Morgan fingerprint density at radius 1 is 0.846 bits per heavy atom. The molecule has 2 aliphatic rings. The summed E-state index contributed by atoms with van der Waals surface area (Å²) in [5, 5.41) is 0. The van der Waals surface area contributed by atoms with E-state index in [1.165, 1.54) is 0 Å². The van der Waals surface area contributed by atoms with Crippen molar-refractivity contribution in [1.82, 2.24) is 14.7 Å². The summed E-state index contributed by atoms with van der Waals surface area (Å²) in [6.45, 7) is 4.88. The molecule has 2 amide bonds. The van der Waals surface area contributed by atoms with Crippen molar-refractivity contribution in [2.75, 3.05) is 60.0 Å². The second kappa shape index (κ2) is 8.40. The van der Waals surface area contributed by atoms with Crippen LogP contribution in [0.3, 0.4) is 0 Å². The average Bonchev–Trinajstić information content (AvgIpc) is 3.22. The third kappa shape index (κ3) is 4.27. The van der Waals surface area contributed by atoms with E-state index in [4.69, 9.17) is 9.47 Å². The molecule has 0 N–H and O–H groups in total. The van der Waals surface area contributed by atoms with Crippen molar-refractivity contribution in [2.45, 2.75) is 12.8 Å². The molecule has 2 heterocycles. The van der Waals surface area contributed by atoms with Gasteiger partial charge < -0.3 is 19.3 Å². The van der Waals surface area contributed by atoms with Crippen molar-refractivity contribution in [3.63, 3.8) is 0 Å². The van der Waals surface area contributed by atoms with Gasteiger partial charge in [-0.05, 0) is 25.0 Å². The maximum Gasteiger partial charge on any atom is 0.254 e. The van der Waals surface area contributed by atoms with E-state index in [9.17, 15) is 9.59 Å². The largest absolute Gasteiger partial charge is 0.497 e. The van der Waals surface area contributed by atoms with E-state index in [2.05, 4.69) is 4.90 Å². The van der Waals surface area contributed by atoms with Crippen LogP contribution in [-0.2, 0) is 4.79 Å². The number of ether oxygens (including phenoxy) is 2. The lowest BCUT2D eigenvalue weighted by molar-refractivity contribution is -0.131. The molecule has 2 aliphatic heterocycles. The van der Waals surface area contributed by atoms with Crippen molar-refractivity contribution >= 4 is 11.8 Å². The van der Waals surface area contributed by atoms with Gasteiger partial charge in [-0.3, -0.25) is 14.5 Å². The first-order valence-electron chi connectivity index (χ1n) is 9.13. The second-order valence-electron chi connectivity index (χ2n) is 6.76. The maximum atomic E-state index is 12.8. The zero-order valence-electron chi connectivity index (χ0n) is 15.6. The van der Waals surface area contributed by atoms with Gasteiger partial charge in [-0.1, -0.05) is 0 Å². The van der Waals surface area contributed by atoms with E-state index in [1.54, 1.807) is 32.4 Å². The highest BCUT2D eigenvalue weighted by molar-refractivity contribution is 5.95. The summed E-state index contributed by atoms with van der Waals surface area (Å²) in [7, 11) is 3.14. The summed E-state index contributed by atoms with van der Waals surface area (Å²) in [6.07, 6.45) is 2.22. The van der Waals surface area contributed by atoms with Crippen LogP contribution in [0.2, 0.25) is 0 Å². The minimum atomic E-state index is -0.0345. The van der Waals surface area contributed by atoms with Crippen LogP contribution in [0.25, 0.3) is 0 Å². The summed E-state index contributed by atoms with van der Waals surface area (Å²) in [5.74, 6) is 1.37. The molecule has 1 aromatic carbocycles. The van der Waals surface area contributed by atoms with Crippen LogP contribution in [0.15, 0.2) is 18.2 Å². The average molecular weight is 361 g/mol. The smallest absolute Gasteiger partial charge is 0.254 e. The van der Waals surface area contributed by atoms with Gasteiger partial charge in [0, 0.05) is 50.9 Å². The first kappa shape index (κ1) is 18.5. The summed E-state index contributed by atoms with van der Waals surface area (Å²) in [6, 6.07) is 5.21. The number of nitrogens with zero attached hydrogens (tertiary/aromatic N) is 3. The molecule has 0 unspecified atom stereocenters. The predicted molar refractivity (Wildman–Crippen MR) is 97.7 cm³/mol. The quantitative estimate of drug-likeness (QED) is 0.786. The number of carbonyl (C=O) groups excluding carboxylic acids is 2.